The lowest BCUT2D eigenvalue weighted by atomic mass is 9.83. The minimum Gasteiger partial charge on any atom is -0.0616 e. The van der Waals surface area contributed by atoms with Crippen molar-refractivity contribution in [3.63, 3.8) is 0 Å². The molecular weight excluding hydrogens is 336 g/mol. The van der Waals surface area contributed by atoms with Gasteiger partial charge in [-0.25, -0.2) is 0 Å². The maximum Gasteiger partial charge on any atom is -0.00578 e. The molecule has 0 atom stereocenters. The molecule has 0 fully saturated rings. The Kier molecular flexibility index (Phi) is 3.91. The zero-order valence-electron chi connectivity index (χ0n) is 17.1. The first-order chi connectivity index (χ1) is 13.6. The molecule has 5 aromatic rings. The molecule has 0 nitrogen and oxygen atoms in total. The summed E-state index contributed by atoms with van der Waals surface area (Å²) in [6.07, 6.45) is 0. The molecule has 0 aliphatic heterocycles. The Balaban J connectivity index is 2.17. The minimum absolute atomic E-state index is 0.457. The van der Waals surface area contributed by atoms with Crippen LogP contribution in [0.5, 0.6) is 0 Å². The zero-order valence-corrected chi connectivity index (χ0v) is 17.1. The first-order valence-electron chi connectivity index (χ1n) is 10.4. The van der Waals surface area contributed by atoms with Crippen LogP contribution in [0.1, 0.15) is 50.7 Å². The van der Waals surface area contributed by atoms with Crippen molar-refractivity contribution in [1.82, 2.24) is 0 Å². The number of hydrogen-bond acceptors (Lipinski definition) is 0. The summed E-state index contributed by atoms with van der Waals surface area (Å²) in [6, 6.07) is 27.1. The molecular formula is C28H26. The number of benzene rings is 5. The maximum absolute atomic E-state index is 2.46. The van der Waals surface area contributed by atoms with Gasteiger partial charge in [0.1, 0.15) is 0 Å². The van der Waals surface area contributed by atoms with Gasteiger partial charge in [0.25, 0.3) is 0 Å². The number of hydrogen-bond donors (Lipinski definition) is 0. The van der Waals surface area contributed by atoms with Gasteiger partial charge in [-0.05, 0) is 72.1 Å². The van der Waals surface area contributed by atoms with Gasteiger partial charge in [0, 0.05) is 0 Å². The molecule has 5 aromatic carbocycles. The van der Waals surface area contributed by atoms with Crippen molar-refractivity contribution in [3.8, 4) is 0 Å². The molecule has 0 amide bonds. The van der Waals surface area contributed by atoms with Crippen molar-refractivity contribution in [2.45, 2.75) is 39.5 Å². The van der Waals surface area contributed by atoms with Gasteiger partial charge in [-0.15, -0.1) is 0 Å². The van der Waals surface area contributed by atoms with Crippen LogP contribution in [0.2, 0.25) is 0 Å². The molecule has 0 saturated carbocycles. The molecule has 138 valence electrons. The Hall–Kier alpha value is -2.86. The first-order valence-corrected chi connectivity index (χ1v) is 10.4. The smallest absolute Gasteiger partial charge is 0.00578 e. The Bertz CT molecular complexity index is 1350. The maximum atomic E-state index is 2.46. The van der Waals surface area contributed by atoms with E-state index >= 15 is 0 Å². The highest BCUT2D eigenvalue weighted by molar-refractivity contribution is 6.28. The summed E-state index contributed by atoms with van der Waals surface area (Å²) in [5.74, 6) is 0.964. The standard InChI is InChI=1S/C28H26/c1-17(2)19-14-9-15-24-25(19)16-26-22-12-6-5-10-20(22)21-11-7-8-13-23(21)28(26)27(24)18(3)4/h5-18H,1-4H3. The van der Waals surface area contributed by atoms with E-state index in [-0.39, 0.29) is 0 Å². The van der Waals surface area contributed by atoms with E-state index in [1.807, 2.05) is 0 Å². The van der Waals surface area contributed by atoms with Gasteiger partial charge in [-0.1, -0.05) is 94.4 Å². The molecule has 0 aromatic heterocycles. The van der Waals surface area contributed by atoms with E-state index in [9.17, 15) is 0 Å². The lowest BCUT2D eigenvalue weighted by Crippen LogP contribution is -1.97. The van der Waals surface area contributed by atoms with E-state index in [4.69, 9.17) is 0 Å². The van der Waals surface area contributed by atoms with Crippen LogP contribution in [-0.4, -0.2) is 0 Å². The molecule has 0 heterocycles. The Morgan fingerprint density at radius 2 is 1.00 bits per heavy atom. The fourth-order valence-corrected chi connectivity index (χ4v) is 4.97. The average Bonchev–Trinajstić information content (AvgIpc) is 2.71. The first kappa shape index (κ1) is 17.3. The summed E-state index contributed by atoms with van der Waals surface area (Å²) in [5.41, 5.74) is 2.93. The summed E-state index contributed by atoms with van der Waals surface area (Å²) in [5, 5.41) is 11.1. The average molecular weight is 363 g/mol. The van der Waals surface area contributed by atoms with Crippen molar-refractivity contribution in [2.75, 3.05) is 0 Å². The van der Waals surface area contributed by atoms with Crippen molar-refractivity contribution in [1.29, 1.82) is 0 Å². The molecule has 0 radical (unpaired) electrons. The molecule has 0 aliphatic rings. The van der Waals surface area contributed by atoms with Crippen LogP contribution in [-0.2, 0) is 0 Å². The van der Waals surface area contributed by atoms with E-state index < -0.39 is 0 Å². The third-order valence-corrected chi connectivity index (χ3v) is 6.16. The molecule has 5 rings (SSSR count). The van der Waals surface area contributed by atoms with Crippen molar-refractivity contribution < 1.29 is 0 Å². The fraction of sp³-hybridized carbons (Fsp3) is 0.214. The van der Waals surface area contributed by atoms with E-state index in [1.165, 1.54) is 54.2 Å². The molecule has 28 heavy (non-hydrogen) atoms. The molecule has 0 N–H and O–H groups in total. The molecule has 0 aliphatic carbocycles. The second-order valence-corrected chi connectivity index (χ2v) is 8.56. The Morgan fingerprint density at radius 3 is 1.61 bits per heavy atom. The number of rotatable bonds is 2. The normalized spacial score (nSPS) is 12.2. The highest BCUT2D eigenvalue weighted by atomic mass is 14.2. The van der Waals surface area contributed by atoms with Gasteiger partial charge >= 0.3 is 0 Å². The van der Waals surface area contributed by atoms with Crippen LogP contribution in [0.15, 0.2) is 72.8 Å². The lowest BCUT2D eigenvalue weighted by Gasteiger charge is -2.21. The van der Waals surface area contributed by atoms with E-state index in [0.717, 1.165) is 0 Å². The third-order valence-electron chi connectivity index (χ3n) is 6.16. The van der Waals surface area contributed by atoms with Gasteiger partial charge in [-0.3, -0.25) is 0 Å². The number of fused-ring (bicyclic) bond motifs is 7. The predicted molar refractivity (Wildman–Crippen MR) is 125 cm³/mol. The van der Waals surface area contributed by atoms with Gasteiger partial charge in [-0.2, -0.15) is 0 Å². The van der Waals surface area contributed by atoms with Crippen LogP contribution in [0.4, 0.5) is 0 Å². The highest BCUT2D eigenvalue weighted by Gasteiger charge is 2.18. The lowest BCUT2D eigenvalue weighted by molar-refractivity contribution is 0.872. The predicted octanol–water partition coefficient (Wildman–Crippen LogP) is 8.55. The van der Waals surface area contributed by atoms with Crippen molar-refractivity contribution in [3.05, 3.63) is 83.9 Å². The largest absolute Gasteiger partial charge is 0.0616 e. The van der Waals surface area contributed by atoms with Crippen molar-refractivity contribution >= 4 is 43.1 Å². The fourth-order valence-electron chi connectivity index (χ4n) is 4.97. The summed E-state index contributed by atoms with van der Waals surface area (Å²) in [6.45, 7) is 9.26. The Labute approximate surface area is 166 Å². The van der Waals surface area contributed by atoms with E-state index in [0.29, 0.717) is 11.8 Å². The van der Waals surface area contributed by atoms with Crippen LogP contribution in [0.25, 0.3) is 43.1 Å². The molecule has 0 heteroatoms. The molecule has 0 saturated heterocycles. The highest BCUT2D eigenvalue weighted by Crippen LogP contribution is 2.43. The van der Waals surface area contributed by atoms with Gasteiger partial charge in [0.05, 0.1) is 0 Å². The third kappa shape index (κ3) is 2.37. The second-order valence-electron chi connectivity index (χ2n) is 8.56. The minimum atomic E-state index is 0.457. The summed E-state index contributed by atoms with van der Waals surface area (Å²) in [7, 11) is 0. The summed E-state index contributed by atoms with van der Waals surface area (Å²) >= 11 is 0. The Morgan fingerprint density at radius 1 is 0.464 bits per heavy atom. The second kappa shape index (κ2) is 6.34. The SMILES string of the molecule is CC(C)c1cccc2c(C(C)C)c3c4ccccc4c4ccccc4c3cc12. The van der Waals surface area contributed by atoms with Crippen LogP contribution in [0.3, 0.4) is 0 Å². The summed E-state index contributed by atoms with van der Waals surface area (Å²) in [4.78, 5) is 0. The van der Waals surface area contributed by atoms with Crippen LogP contribution < -0.4 is 0 Å². The quantitative estimate of drug-likeness (QED) is 0.218. The van der Waals surface area contributed by atoms with E-state index in [1.54, 1.807) is 0 Å². The summed E-state index contributed by atoms with van der Waals surface area (Å²) < 4.78 is 0. The monoisotopic (exact) mass is 362 g/mol. The van der Waals surface area contributed by atoms with Gasteiger partial charge in [0.15, 0.2) is 0 Å². The van der Waals surface area contributed by atoms with Crippen molar-refractivity contribution in [2.24, 2.45) is 0 Å². The zero-order chi connectivity index (χ0) is 19.4. The van der Waals surface area contributed by atoms with Gasteiger partial charge < -0.3 is 0 Å². The topological polar surface area (TPSA) is 0 Å². The molecule has 0 unspecified atom stereocenters. The molecule has 0 bridgehead atoms. The molecule has 0 spiro atoms. The van der Waals surface area contributed by atoms with E-state index in [2.05, 4.69) is 100 Å². The van der Waals surface area contributed by atoms with Gasteiger partial charge in [0.2, 0.25) is 0 Å². The van der Waals surface area contributed by atoms with Crippen LogP contribution >= 0.6 is 0 Å². The van der Waals surface area contributed by atoms with Crippen LogP contribution in [0, 0.1) is 0 Å².